The second-order valence-corrected chi connectivity index (χ2v) is 6.95. The molecule has 0 aliphatic rings. The number of nitrogens with one attached hydrogen (secondary N) is 1. The molecule has 0 radical (unpaired) electrons. The van der Waals surface area contributed by atoms with Gasteiger partial charge >= 0.3 is 0 Å². The Morgan fingerprint density at radius 3 is 2.47 bits per heavy atom. The molecule has 1 aromatic carbocycles. The summed E-state index contributed by atoms with van der Waals surface area (Å²) in [5.41, 5.74) is 0.452. The van der Waals surface area contributed by atoms with Gasteiger partial charge < -0.3 is 4.52 Å². The highest BCUT2D eigenvalue weighted by Crippen LogP contribution is 2.32. The van der Waals surface area contributed by atoms with Crippen molar-refractivity contribution in [2.45, 2.75) is 11.4 Å². The molecule has 9 heteroatoms. The largest absolute Gasteiger partial charge is 0.364 e. The molecule has 0 spiro atoms. The van der Waals surface area contributed by atoms with Gasteiger partial charge in [-0.25, -0.2) is 13.1 Å². The summed E-state index contributed by atoms with van der Waals surface area (Å²) >= 11 is 15.0. The average molecular weight is 386 g/mol. The van der Waals surface area contributed by atoms with E-state index in [0.29, 0.717) is 10.2 Å². The van der Waals surface area contributed by atoms with Crippen LogP contribution in [0, 0.1) is 0 Å². The van der Waals surface area contributed by atoms with Crippen LogP contribution < -0.4 is 4.72 Å². The summed E-state index contributed by atoms with van der Waals surface area (Å²) in [6.45, 7) is -0.0123. The second-order valence-electron chi connectivity index (χ2n) is 3.51. The SMILES string of the molecule is O=S(=O)(NCc1ccon1)c1c(Cl)cc(Br)cc1Cl. The minimum atomic E-state index is -3.83. The van der Waals surface area contributed by atoms with Crippen molar-refractivity contribution >= 4 is 49.2 Å². The molecule has 2 aromatic rings. The van der Waals surface area contributed by atoms with Crippen molar-refractivity contribution in [3.63, 3.8) is 0 Å². The third-order valence-corrected chi connectivity index (χ3v) is 4.95. The molecule has 0 bridgehead atoms. The lowest BCUT2D eigenvalue weighted by molar-refractivity contribution is 0.411. The van der Waals surface area contributed by atoms with Gasteiger partial charge in [0.05, 0.1) is 22.3 Å². The number of rotatable bonds is 4. The van der Waals surface area contributed by atoms with Crippen LogP contribution in [0.1, 0.15) is 5.69 Å². The molecule has 0 saturated heterocycles. The van der Waals surface area contributed by atoms with Crippen molar-refractivity contribution in [2.75, 3.05) is 0 Å². The average Bonchev–Trinajstić information content (AvgIpc) is 2.77. The molecule has 1 aromatic heterocycles. The lowest BCUT2D eigenvalue weighted by atomic mass is 10.4. The molecular formula is C10H7BrCl2N2O3S. The molecule has 0 fully saturated rings. The number of sulfonamides is 1. The summed E-state index contributed by atoms with van der Waals surface area (Å²) in [5.74, 6) is 0. The first-order chi connectivity index (χ1) is 8.90. The topological polar surface area (TPSA) is 72.2 Å². The van der Waals surface area contributed by atoms with Gasteiger partial charge in [0.25, 0.3) is 0 Å². The van der Waals surface area contributed by atoms with E-state index < -0.39 is 10.0 Å². The zero-order chi connectivity index (χ0) is 14.0. The van der Waals surface area contributed by atoms with Crippen molar-refractivity contribution in [1.82, 2.24) is 9.88 Å². The standard InChI is InChI=1S/C10H7BrCl2N2O3S/c11-6-3-8(12)10(9(13)4-6)19(16,17)14-5-7-1-2-18-15-7/h1-4,14H,5H2. The van der Waals surface area contributed by atoms with Gasteiger partial charge in [-0.1, -0.05) is 44.3 Å². The van der Waals surface area contributed by atoms with E-state index in [9.17, 15) is 8.42 Å². The fourth-order valence-corrected chi connectivity index (χ4v) is 4.29. The van der Waals surface area contributed by atoms with E-state index in [-0.39, 0.29) is 21.5 Å². The molecule has 0 amide bonds. The Balaban J connectivity index is 2.29. The summed E-state index contributed by atoms with van der Waals surface area (Å²) in [6, 6.07) is 4.46. The van der Waals surface area contributed by atoms with Gasteiger partial charge in [-0.05, 0) is 12.1 Å². The first kappa shape index (κ1) is 14.8. The maximum atomic E-state index is 12.1. The minimum absolute atomic E-state index is 0.0123. The molecule has 0 unspecified atom stereocenters. The first-order valence-electron chi connectivity index (χ1n) is 4.93. The van der Waals surface area contributed by atoms with Crippen LogP contribution in [-0.2, 0) is 16.6 Å². The van der Waals surface area contributed by atoms with Crippen LogP contribution in [0.3, 0.4) is 0 Å². The Kier molecular flexibility index (Phi) is 4.52. The maximum absolute atomic E-state index is 12.1. The van der Waals surface area contributed by atoms with Crippen molar-refractivity contribution in [2.24, 2.45) is 0 Å². The van der Waals surface area contributed by atoms with E-state index in [1.54, 1.807) is 6.07 Å². The number of hydrogen-bond acceptors (Lipinski definition) is 4. The Morgan fingerprint density at radius 2 is 1.95 bits per heavy atom. The van der Waals surface area contributed by atoms with Gasteiger partial charge in [-0.3, -0.25) is 0 Å². The van der Waals surface area contributed by atoms with Crippen molar-refractivity contribution in [3.05, 3.63) is 44.7 Å². The summed E-state index contributed by atoms with van der Waals surface area (Å²) in [7, 11) is -3.83. The van der Waals surface area contributed by atoms with Gasteiger partial charge in [0.1, 0.15) is 11.2 Å². The van der Waals surface area contributed by atoms with Gasteiger partial charge in [0.15, 0.2) is 0 Å². The van der Waals surface area contributed by atoms with Gasteiger partial charge in [-0.15, -0.1) is 0 Å². The van der Waals surface area contributed by atoms with E-state index in [0.717, 1.165) is 0 Å². The van der Waals surface area contributed by atoms with Crippen LogP contribution in [0.4, 0.5) is 0 Å². The molecule has 0 aliphatic heterocycles. The lowest BCUT2D eigenvalue weighted by Crippen LogP contribution is -2.24. The monoisotopic (exact) mass is 384 g/mol. The third kappa shape index (κ3) is 3.49. The number of nitrogens with zero attached hydrogens (tertiary/aromatic N) is 1. The Morgan fingerprint density at radius 1 is 1.32 bits per heavy atom. The molecule has 19 heavy (non-hydrogen) atoms. The smallest absolute Gasteiger partial charge is 0.243 e. The van der Waals surface area contributed by atoms with Crippen LogP contribution >= 0.6 is 39.1 Å². The van der Waals surface area contributed by atoms with E-state index in [4.69, 9.17) is 23.2 Å². The molecule has 0 atom stereocenters. The number of halogens is 3. The minimum Gasteiger partial charge on any atom is -0.364 e. The Bertz CT molecular complexity index is 666. The highest BCUT2D eigenvalue weighted by atomic mass is 79.9. The predicted octanol–water partition coefficient (Wildman–Crippen LogP) is 3.22. The first-order valence-corrected chi connectivity index (χ1v) is 7.97. The summed E-state index contributed by atoms with van der Waals surface area (Å²) in [6.07, 6.45) is 1.35. The van der Waals surface area contributed by atoms with E-state index >= 15 is 0 Å². The van der Waals surface area contributed by atoms with Crippen molar-refractivity contribution in [1.29, 1.82) is 0 Å². The zero-order valence-corrected chi connectivity index (χ0v) is 13.1. The molecule has 1 heterocycles. The molecular weight excluding hydrogens is 379 g/mol. The van der Waals surface area contributed by atoms with Gasteiger partial charge in [0.2, 0.25) is 10.0 Å². The number of aromatic nitrogens is 1. The van der Waals surface area contributed by atoms with Gasteiger partial charge in [-0.2, -0.15) is 0 Å². The Hall–Kier alpha value is -0.600. The van der Waals surface area contributed by atoms with Crippen LogP contribution in [0.5, 0.6) is 0 Å². The highest BCUT2D eigenvalue weighted by molar-refractivity contribution is 9.10. The van der Waals surface area contributed by atoms with Crippen molar-refractivity contribution < 1.29 is 12.9 Å². The summed E-state index contributed by atoms with van der Waals surface area (Å²) in [4.78, 5) is -0.164. The summed E-state index contributed by atoms with van der Waals surface area (Å²) in [5, 5.41) is 3.67. The third-order valence-electron chi connectivity index (χ3n) is 2.17. The molecule has 1 N–H and O–H groups in total. The second kappa shape index (κ2) is 5.80. The van der Waals surface area contributed by atoms with Crippen LogP contribution in [0.2, 0.25) is 10.0 Å². The van der Waals surface area contributed by atoms with Crippen LogP contribution in [-0.4, -0.2) is 13.6 Å². The maximum Gasteiger partial charge on any atom is 0.243 e. The Labute approximate surface area is 128 Å². The van der Waals surface area contributed by atoms with Crippen LogP contribution in [0.25, 0.3) is 0 Å². The van der Waals surface area contributed by atoms with E-state index in [2.05, 4.69) is 30.3 Å². The normalized spacial score (nSPS) is 11.7. The molecule has 2 rings (SSSR count). The van der Waals surface area contributed by atoms with Gasteiger partial charge in [0, 0.05) is 10.5 Å². The number of benzene rings is 1. The number of hydrogen-bond donors (Lipinski definition) is 1. The summed E-state index contributed by atoms with van der Waals surface area (Å²) < 4.78 is 31.8. The van der Waals surface area contributed by atoms with Crippen molar-refractivity contribution in [3.8, 4) is 0 Å². The fraction of sp³-hybridized carbons (Fsp3) is 0.100. The predicted molar refractivity (Wildman–Crippen MR) is 74.7 cm³/mol. The van der Waals surface area contributed by atoms with E-state index in [1.165, 1.54) is 18.4 Å². The molecule has 5 nitrogen and oxygen atoms in total. The van der Waals surface area contributed by atoms with Crippen LogP contribution in [0.15, 0.2) is 38.4 Å². The molecule has 102 valence electrons. The molecule has 0 aliphatic carbocycles. The molecule has 0 saturated carbocycles. The highest BCUT2D eigenvalue weighted by Gasteiger charge is 2.22. The fourth-order valence-electron chi connectivity index (χ4n) is 1.36. The lowest BCUT2D eigenvalue weighted by Gasteiger charge is -2.09. The van der Waals surface area contributed by atoms with E-state index in [1.807, 2.05) is 0 Å². The quantitative estimate of drug-likeness (QED) is 0.876. The zero-order valence-electron chi connectivity index (χ0n) is 9.23.